The molecule has 0 bridgehead atoms. The Bertz CT molecular complexity index is 1420. The first-order valence-corrected chi connectivity index (χ1v) is 12.8. The van der Waals surface area contributed by atoms with Crippen molar-refractivity contribution < 1.29 is 59.6 Å². The number of carbonyl (C=O) groups is 3. The van der Waals surface area contributed by atoms with Crippen molar-refractivity contribution in [1.82, 2.24) is 0 Å². The number of Topliss-reactive ketones (excluding diaryl/α,β-unsaturated/α-hetero) is 2. The maximum atomic E-state index is 13.7. The summed E-state index contributed by atoms with van der Waals surface area (Å²) in [6.45, 7) is 7.64. The summed E-state index contributed by atoms with van der Waals surface area (Å²) in [5.41, 5.74) is -11.7. The average Bonchev–Trinajstić information content (AvgIpc) is 2.75. The maximum Gasteiger partial charge on any atom is 0.342 e. The van der Waals surface area contributed by atoms with Crippen LogP contribution >= 0.6 is 0 Å². The first-order chi connectivity index (χ1) is 18.3. The fraction of sp³-hybridized carbons (Fsp3) is 0.536. The largest absolute Gasteiger partial charge is 0.508 e. The van der Waals surface area contributed by atoms with Gasteiger partial charge in [-0.05, 0) is 39.3 Å². The van der Waals surface area contributed by atoms with E-state index < -0.39 is 93.2 Å². The second-order valence-corrected chi connectivity index (χ2v) is 12.5. The van der Waals surface area contributed by atoms with Gasteiger partial charge in [0, 0.05) is 32.1 Å². The third kappa shape index (κ3) is 3.85. The van der Waals surface area contributed by atoms with Crippen molar-refractivity contribution in [1.29, 1.82) is 0 Å². The molecule has 7 N–H and O–H groups in total. The minimum atomic E-state index is -3.36. The fourth-order valence-electron chi connectivity index (χ4n) is 7.01. The number of hydrogen-bond donors (Lipinski definition) is 7. The molecule has 4 aliphatic rings. The van der Waals surface area contributed by atoms with Crippen LogP contribution in [0, 0.1) is 0 Å². The summed E-state index contributed by atoms with van der Waals surface area (Å²) in [7, 11) is 0. The van der Waals surface area contributed by atoms with Gasteiger partial charge < -0.3 is 45.2 Å². The fourth-order valence-corrected chi connectivity index (χ4v) is 7.01. The summed E-state index contributed by atoms with van der Waals surface area (Å²) in [5.74, 6) is -7.89. The number of carboxylic acids is 1. The standard InChI is InChI=1S/C28H32O12/c1-24(2)8-13(9-25(3,4)40-24)39-15-6-5-12-7-26(36)11-27(37)10-14(29)17(23(34)35)21(32)28(27,38)22(33)18(26)20(31)16(12)19(15)30/h5-6,13,30-32,36-38H,7-11H2,1-4H3,(H,34,35)/t26-,27+,28-/m0/s1. The number of ether oxygens (including phenoxy) is 2. The van der Waals surface area contributed by atoms with Crippen LogP contribution in [0.25, 0.3) is 5.76 Å². The highest BCUT2D eigenvalue weighted by molar-refractivity contribution is 6.22. The number of ketones is 2. The number of aromatic hydroxyl groups is 1. The molecule has 1 saturated heterocycles. The van der Waals surface area contributed by atoms with E-state index in [1.807, 2.05) is 27.7 Å². The number of phenols is 1. The molecule has 1 aromatic rings. The van der Waals surface area contributed by atoms with Crippen molar-refractivity contribution in [3.8, 4) is 11.5 Å². The van der Waals surface area contributed by atoms with Crippen LogP contribution in [0.4, 0.5) is 0 Å². The summed E-state index contributed by atoms with van der Waals surface area (Å²) < 4.78 is 12.2. The molecule has 12 heteroatoms. The Morgan fingerprint density at radius 3 is 2.15 bits per heavy atom. The van der Waals surface area contributed by atoms with Crippen molar-refractivity contribution in [2.45, 2.75) is 93.9 Å². The number of hydrogen-bond acceptors (Lipinski definition) is 11. The highest BCUT2D eigenvalue weighted by Gasteiger charge is 2.71. The molecule has 1 saturated carbocycles. The minimum Gasteiger partial charge on any atom is -0.508 e. The molecule has 3 atom stereocenters. The molecular formula is C28H32O12. The van der Waals surface area contributed by atoms with Gasteiger partial charge in [0.25, 0.3) is 0 Å². The molecule has 0 aromatic heterocycles. The Kier molecular flexibility index (Phi) is 5.82. The van der Waals surface area contributed by atoms with Crippen LogP contribution in [-0.2, 0) is 25.5 Å². The monoisotopic (exact) mass is 560 g/mol. The predicted molar refractivity (Wildman–Crippen MR) is 136 cm³/mol. The zero-order valence-electron chi connectivity index (χ0n) is 22.4. The van der Waals surface area contributed by atoms with Gasteiger partial charge in [-0.15, -0.1) is 0 Å². The van der Waals surface area contributed by atoms with E-state index in [0.717, 1.165) is 0 Å². The number of aliphatic carboxylic acids is 1. The van der Waals surface area contributed by atoms with Gasteiger partial charge in [-0.3, -0.25) is 9.59 Å². The highest BCUT2D eigenvalue weighted by Crippen LogP contribution is 2.56. The van der Waals surface area contributed by atoms with Crippen molar-refractivity contribution >= 4 is 23.3 Å². The lowest BCUT2D eigenvalue weighted by atomic mass is 9.55. The van der Waals surface area contributed by atoms with Crippen LogP contribution in [-0.4, -0.2) is 87.4 Å². The number of benzene rings is 1. The van der Waals surface area contributed by atoms with Gasteiger partial charge >= 0.3 is 5.97 Å². The molecule has 5 rings (SSSR count). The van der Waals surface area contributed by atoms with E-state index in [2.05, 4.69) is 0 Å². The van der Waals surface area contributed by atoms with Gasteiger partial charge in [-0.25, -0.2) is 4.79 Å². The van der Waals surface area contributed by atoms with Crippen LogP contribution < -0.4 is 4.74 Å². The maximum absolute atomic E-state index is 13.7. The molecule has 0 spiro atoms. The molecule has 216 valence electrons. The number of carboxylic acid groups (broad SMARTS) is 1. The predicted octanol–water partition coefficient (Wildman–Crippen LogP) is 1.37. The number of fused-ring (bicyclic) bond motifs is 3. The average molecular weight is 561 g/mol. The van der Waals surface area contributed by atoms with Gasteiger partial charge in [-0.2, -0.15) is 0 Å². The van der Waals surface area contributed by atoms with Crippen LogP contribution in [0.2, 0.25) is 0 Å². The lowest BCUT2D eigenvalue weighted by molar-refractivity contribution is -0.200. The van der Waals surface area contributed by atoms with Crippen LogP contribution in [0.1, 0.15) is 64.5 Å². The number of aliphatic hydroxyl groups is 5. The second-order valence-electron chi connectivity index (χ2n) is 12.5. The molecule has 1 heterocycles. The molecule has 0 unspecified atom stereocenters. The van der Waals surface area contributed by atoms with Crippen LogP contribution in [0.3, 0.4) is 0 Å². The van der Waals surface area contributed by atoms with Gasteiger partial charge in [0.15, 0.2) is 23.0 Å². The van der Waals surface area contributed by atoms with Gasteiger partial charge in [-0.1, -0.05) is 6.07 Å². The van der Waals surface area contributed by atoms with E-state index in [9.17, 15) is 50.1 Å². The van der Waals surface area contributed by atoms with E-state index in [-0.39, 0.29) is 23.0 Å². The molecular weight excluding hydrogens is 528 g/mol. The number of rotatable bonds is 3. The van der Waals surface area contributed by atoms with Gasteiger partial charge in [0.2, 0.25) is 11.4 Å². The Labute approximate surface area is 228 Å². The molecule has 40 heavy (non-hydrogen) atoms. The Morgan fingerprint density at radius 2 is 1.57 bits per heavy atom. The molecule has 0 amide bonds. The van der Waals surface area contributed by atoms with E-state index in [4.69, 9.17) is 9.47 Å². The summed E-state index contributed by atoms with van der Waals surface area (Å²) in [6, 6.07) is 2.91. The van der Waals surface area contributed by atoms with Crippen molar-refractivity contribution in [3.63, 3.8) is 0 Å². The normalized spacial score (nSPS) is 33.3. The summed E-state index contributed by atoms with van der Waals surface area (Å²) in [4.78, 5) is 37.7. The number of phenolic OH excluding ortho intramolecular Hbond substituents is 1. The van der Waals surface area contributed by atoms with Gasteiger partial charge in [0.1, 0.15) is 28.6 Å². The number of carbonyl (C=O) groups excluding carboxylic acids is 2. The van der Waals surface area contributed by atoms with Crippen molar-refractivity contribution in [2.75, 3.05) is 0 Å². The number of aliphatic hydroxyl groups excluding tert-OH is 2. The molecule has 12 nitrogen and oxygen atoms in total. The summed E-state index contributed by atoms with van der Waals surface area (Å²) >= 11 is 0. The van der Waals surface area contributed by atoms with E-state index >= 15 is 0 Å². The molecule has 1 aromatic carbocycles. The van der Waals surface area contributed by atoms with Crippen molar-refractivity contribution in [3.05, 3.63) is 40.2 Å². The summed E-state index contributed by atoms with van der Waals surface area (Å²) in [5, 5.41) is 76.5. The molecule has 3 aliphatic carbocycles. The zero-order valence-corrected chi connectivity index (χ0v) is 22.4. The van der Waals surface area contributed by atoms with E-state index in [0.29, 0.717) is 12.8 Å². The quantitative estimate of drug-likeness (QED) is 0.261. The SMILES string of the molecule is CC1(C)CC(Oc2ccc3c(c2O)C(O)=C2C(=O)[C@@]4(O)C(O)=C(C(=O)O)C(=O)C[C@@]4(O)C[C@@]2(O)C3)CC(C)(C)O1. The molecule has 1 aliphatic heterocycles. The molecule has 0 radical (unpaired) electrons. The minimum absolute atomic E-state index is 0.0208. The first kappa shape index (κ1) is 28.1. The smallest absolute Gasteiger partial charge is 0.342 e. The third-order valence-electron chi connectivity index (χ3n) is 8.27. The topological polar surface area (TPSA) is 211 Å². The Hall–Kier alpha value is -3.45. The lowest BCUT2D eigenvalue weighted by Gasteiger charge is -2.53. The van der Waals surface area contributed by atoms with E-state index in [1.54, 1.807) is 0 Å². The van der Waals surface area contributed by atoms with Gasteiger partial charge in [0.05, 0.1) is 22.3 Å². The third-order valence-corrected chi connectivity index (χ3v) is 8.27. The molecule has 2 fully saturated rings. The van der Waals surface area contributed by atoms with Crippen molar-refractivity contribution in [2.24, 2.45) is 0 Å². The van der Waals surface area contributed by atoms with Crippen LogP contribution in [0.5, 0.6) is 11.5 Å². The Balaban J connectivity index is 1.61. The highest BCUT2D eigenvalue weighted by atomic mass is 16.5. The first-order valence-electron chi connectivity index (χ1n) is 12.8. The zero-order chi connectivity index (χ0) is 29.8. The Morgan fingerprint density at radius 1 is 0.975 bits per heavy atom. The van der Waals surface area contributed by atoms with Crippen LogP contribution in [0.15, 0.2) is 29.0 Å². The van der Waals surface area contributed by atoms with E-state index in [1.165, 1.54) is 12.1 Å². The second kappa shape index (κ2) is 8.29. The lowest BCUT2D eigenvalue weighted by Crippen LogP contribution is -2.72. The summed E-state index contributed by atoms with van der Waals surface area (Å²) in [6.07, 6.45) is -1.84.